The third kappa shape index (κ3) is 3.89. The summed E-state index contributed by atoms with van der Waals surface area (Å²) in [5.74, 6) is 0.274. The number of pyridine rings is 1. The van der Waals surface area contributed by atoms with Crippen LogP contribution in [0.2, 0.25) is 0 Å². The van der Waals surface area contributed by atoms with Gasteiger partial charge in [-0.2, -0.15) is 0 Å². The van der Waals surface area contributed by atoms with E-state index in [0.717, 1.165) is 5.69 Å². The largest absolute Gasteiger partial charge is 0.333 e. The fourth-order valence-electron chi connectivity index (χ4n) is 8.79. The van der Waals surface area contributed by atoms with Crippen molar-refractivity contribution in [1.82, 2.24) is 9.55 Å². The van der Waals surface area contributed by atoms with Crippen LogP contribution in [0, 0.1) is 0 Å². The topological polar surface area (TPSA) is 21.1 Å². The normalized spacial score (nSPS) is 16.6. The Balaban J connectivity index is 1.07. The Labute approximate surface area is 289 Å². The molecule has 1 aliphatic carbocycles. The number of aromatic nitrogens is 2. The summed E-state index contributed by atoms with van der Waals surface area (Å²) >= 11 is 0. The van der Waals surface area contributed by atoms with Crippen LogP contribution in [0.4, 0.5) is 11.4 Å². The summed E-state index contributed by atoms with van der Waals surface area (Å²) in [4.78, 5) is 6.82. The zero-order valence-corrected chi connectivity index (χ0v) is 27.2. The average Bonchev–Trinajstić information content (AvgIpc) is 3.70. The lowest BCUT2D eigenvalue weighted by Gasteiger charge is -2.29. The maximum absolute atomic E-state index is 4.26. The van der Waals surface area contributed by atoms with Crippen molar-refractivity contribution in [3.63, 3.8) is 0 Å². The van der Waals surface area contributed by atoms with E-state index in [4.69, 9.17) is 0 Å². The Bertz CT molecular complexity index is 2860. The third-order valence-electron chi connectivity index (χ3n) is 11.0. The van der Waals surface area contributed by atoms with Crippen molar-refractivity contribution in [2.75, 3.05) is 4.90 Å². The van der Waals surface area contributed by atoms with Gasteiger partial charge in [-0.1, -0.05) is 109 Å². The summed E-state index contributed by atoms with van der Waals surface area (Å²) in [5.41, 5.74) is 9.87. The van der Waals surface area contributed by atoms with Crippen molar-refractivity contribution >= 4 is 65.5 Å². The Hall–Kier alpha value is -6.45. The van der Waals surface area contributed by atoms with Crippen molar-refractivity contribution < 1.29 is 0 Å². The molecule has 0 amide bonds. The Morgan fingerprint density at radius 3 is 1.84 bits per heavy atom. The first-order valence-corrected chi connectivity index (χ1v) is 17.4. The van der Waals surface area contributed by atoms with Crippen molar-refractivity contribution in [3.8, 4) is 16.8 Å². The predicted octanol–water partition coefficient (Wildman–Crippen LogP) is 12.0. The van der Waals surface area contributed by atoms with E-state index in [-0.39, 0.29) is 12.0 Å². The summed E-state index contributed by atoms with van der Waals surface area (Å²) in [6.45, 7) is 0. The quantitative estimate of drug-likeness (QED) is 0.180. The van der Waals surface area contributed by atoms with E-state index in [9.17, 15) is 0 Å². The van der Waals surface area contributed by atoms with E-state index in [0.29, 0.717) is 0 Å². The van der Waals surface area contributed by atoms with Crippen LogP contribution in [0.1, 0.15) is 11.5 Å². The van der Waals surface area contributed by atoms with E-state index in [2.05, 4.69) is 178 Å². The molecular formula is C47H31N3. The van der Waals surface area contributed by atoms with E-state index < -0.39 is 0 Å². The molecule has 2 atom stereocenters. The highest BCUT2D eigenvalue weighted by Gasteiger charge is 2.37. The van der Waals surface area contributed by atoms with Crippen molar-refractivity contribution in [3.05, 3.63) is 182 Å². The molecular weight excluding hydrogens is 607 g/mol. The minimum atomic E-state index is 0.218. The number of allylic oxidation sites excluding steroid dienone is 2. The van der Waals surface area contributed by atoms with Crippen LogP contribution in [-0.2, 0) is 0 Å². The number of hydrogen-bond acceptors (Lipinski definition) is 2. The first-order chi connectivity index (χ1) is 24.8. The number of nitrogens with zero attached hydrogens (tertiary/aromatic N) is 3. The van der Waals surface area contributed by atoms with Crippen LogP contribution in [-0.4, -0.2) is 15.6 Å². The highest BCUT2D eigenvalue weighted by molar-refractivity contribution is 6.25. The van der Waals surface area contributed by atoms with Gasteiger partial charge in [-0.25, -0.2) is 0 Å². The Morgan fingerprint density at radius 1 is 0.440 bits per heavy atom. The van der Waals surface area contributed by atoms with Gasteiger partial charge in [0.2, 0.25) is 0 Å². The molecule has 2 aromatic heterocycles. The standard InChI is InChI=1S/C47H31N3/c1-2-11-36-34(9-1)35-10-3-4-12-37(35)41-29-33(19-20-38(36)41)50-45-16-8-6-14-40(45)43-28-31(18-22-47(43)50)30-17-21-46-42(27-30)39-13-5-7-15-44(39)49(46)32-23-25-48-26-24-32/h1-29,40,45H. The fraction of sp³-hybridized carbons (Fsp3) is 0.0426. The molecule has 1 aliphatic heterocycles. The minimum absolute atomic E-state index is 0.218. The molecule has 11 rings (SSSR count). The van der Waals surface area contributed by atoms with Gasteiger partial charge in [0.15, 0.2) is 0 Å². The van der Waals surface area contributed by atoms with Crippen molar-refractivity contribution in [2.45, 2.75) is 12.0 Å². The second-order valence-electron chi connectivity index (χ2n) is 13.5. The van der Waals surface area contributed by atoms with Gasteiger partial charge < -0.3 is 9.47 Å². The number of para-hydroxylation sites is 1. The smallest absolute Gasteiger partial charge is 0.0629 e. The highest BCUT2D eigenvalue weighted by atomic mass is 15.2. The molecule has 7 aromatic carbocycles. The predicted molar refractivity (Wildman–Crippen MR) is 210 cm³/mol. The molecule has 234 valence electrons. The van der Waals surface area contributed by atoms with Crippen LogP contribution >= 0.6 is 0 Å². The van der Waals surface area contributed by atoms with Gasteiger partial charge in [0, 0.05) is 46.1 Å². The van der Waals surface area contributed by atoms with Gasteiger partial charge in [0.1, 0.15) is 0 Å². The summed E-state index contributed by atoms with van der Waals surface area (Å²) in [6, 6.07) is 51.8. The summed E-state index contributed by atoms with van der Waals surface area (Å²) in [6.07, 6.45) is 12.9. The van der Waals surface area contributed by atoms with Gasteiger partial charge >= 0.3 is 0 Å². The number of benzene rings is 7. The fourth-order valence-corrected chi connectivity index (χ4v) is 8.79. The minimum Gasteiger partial charge on any atom is -0.333 e. The van der Waals surface area contributed by atoms with Crippen LogP contribution in [0.3, 0.4) is 0 Å². The molecule has 2 unspecified atom stereocenters. The maximum Gasteiger partial charge on any atom is 0.0629 e. The van der Waals surface area contributed by atoms with Gasteiger partial charge in [-0.05, 0) is 104 Å². The molecule has 50 heavy (non-hydrogen) atoms. The second-order valence-corrected chi connectivity index (χ2v) is 13.5. The molecule has 3 heteroatoms. The van der Waals surface area contributed by atoms with Crippen LogP contribution in [0.25, 0.3) is 70.9 Å². The van der Waals surface area contributed by atoms with E-state index >= 15 is 0 Å². The van der Waals surface area contributed by atoms with E-state index in [1.807, 2.05) is 12.4 Å². The number of anilines is 2. The van der Waals surface area contributed by atoms with E-state index in [1.165, 1.54) is 82.2 Å². The van der Waals surface area contributed by atoms with E-state index in [1.54, 1.807) is 0 Å². The Kier molecular flexibility index (Phi) is 5.79. The third-order valence-corrected chi connectivity index (χ3v) is 11.0. The molecule has 0 radical (unpaired) electrons. The molecule has 0 saturated carbocycles. The highest BCUT2D eigenvalue weighted by Crippen LogP contribution is 2.50. The lowest BCUT2D eigenvalue weighted by Crippen LogP contribution is -2.28. The molecule has 9 aromatic rings. The van der Waals surface area contributed by atoms with Crippen LogP contribution < -0.4 is 4.90 Å². The second kappa shape index (κ2) is 10.5. The summed E-state index contributed by atoms with van der Waals surface area (Å²) in [7, 11) is 0. The van der Waals surface area contributed by atoms with Gasteiger partial charge in [-0.3, -0.25) is 4.98 Å². The zero-order valence-electron chi connectivity index (χ0n) is 27.2. The molecule has 0 spiro atoms. The van der Waals surface area contributed by atoms with Crippen LogP contribution in [0.5, 0.6) is 0 Å². The lowest BCUT2D eigenvalue weighted by atomic mass is 9.89. The first-order valence-electron chi connectivity index (χ1n) is 17.4. The molecule has 3 nitrogen and oxygen atoms in total. The van der Waals surface area contributed by atoms with Gasteiger partial charge in [0.25, 0.3) is 0 Å². The van der Waals surface area contributed by atoms with Crippen molar-refractivity contribution in [2.24, 2.45) is 0 Å². The number of fused-ring (bicyclic) bond motifs is 12. The Morgan fingerprint density at radius 2 is 1.06 bits per heavy atom. The summed E-state index contributed by atoms with van der Waals surface area (Å²) < 4.78 is 2.34. The molecule has 2 aliphatic rings. The SMILES string of the molecule is C1=CC2c3cc(-c4ccc5c(c4)c4ccccc4n5-c4ccncc4)ccc3N(c3ccc4c5ccccc5c5ccccc5c4c3)C2C=C1. The monoisotopic (exact) mass is 637 g/mol. The van der Waals surface area contributed by atoms with Gasteiger partial charge in [0.05, 0.1) is 17.1 Å². The van der Waals surface area contributed by atoms with Crippen molar-refractivity contribution in [1.29, 1.82) is 0 Å². The number of rotatable bonds is 3. The summed E-state index contributed by atoms with van der Waals surface area (Å²) in [5, 5.41) is 10.3. The average molecular weight is 638 g/mol. The lowest BCUT2D eigenvalue weighted by molar-refractivity contribution is 0.745. The van der Waals surface area contributed by atoms with Crippen LogP contribution in [0.15, 0.2) is 176 Å². The molecule has 0 N–H and O–H groups in total. The molecule has 0 bridgehead atoms. The molecule has 3 heterocycles. The van der Waals surface area contributed by atoms with Gasteiger partial charge in [-0.15, -0.1) is 0 Å². The number of hydrogen-bond donors (Lipinski definition) is 0. The maximum atomic E-state index is 4.26. The molecule has 0 saturated heterocycles. The molecule has 0 fully saturated rings. The first kappa shape index (κ1) is 27.5. The zero-order chi connectivity index (χ0) is 32.8.